The third-order valence-electron chi connectivity index (χ3n) is 2.54. The quantitative estimate of drug-likeness (QED) is 0.779. The van der Waals surface area contributed by atoms with Crippen molar-refractivity contribution in [2.45, 2.75) is 39.4 Å². The van der Waals surface area contributed by atoms with Crippen molar-refractivity contribution in [3.63, 3.8) is 0 Å². The zero-order chi connectivity index (χ0) is 11.4. The Morgan fingerprint density at radius 2 is 2.13 bits per heavy atom. The predicted octanol–water partition coefficient (Wildman–Crippen LogP) is 0.672. The summed E-state index contributed by atoms with van der Waals surface area (Å²) in [5.74, 6) is 0.938. The molecule has 86 valence electrons. The van der Waals surface area contributed by atoms with E-state index in [1.807, 2.05) is 18.7 Å². The Hall–Kier alpha value is -0.940. The molecule has 5 nitrogen and oxygen atoms in total. The van der Waals surface area contributed by atoms with E-state index in [2.05, 4.69) is 28.8 Å². The highest BCUT2D eigenvalue weighted by Crippen LogP contribution is 2.08. The van der Waals surface area contributed by atoms with Crippen LogP contribution in [0.1, 0.15) is 32.6 Å². The van der Waals surface area contributed by atoms with Gasteiger partial charge in [0.25, 0.3) is 0 Å². The van der Waals surface area contributed by atoms with E-state index in [1.165, 1.54) is 0 Å². The van der Waals surface area contributed by atoms with Crippen molar-refractivity contribution in [3.05, 3.63) is 12.2 Å². The number of aliphatic hydroxyl groups excluding tert-OH is 1. The smallest absolute Gasteiger partial charge is 0.141 e. The standard InChI is InChI=1S/C10H20N4O/c1-8(2)14-10(11-7-12-14)5-13(4)9(3)6-15/h7-9,15H,5-6H2,1-4H3. The highest BCUT2D eigenvalue weighted by Gasteiger charge is 2.13. The first-order valence-corrected chi connectivity index (χ1v) is 5.25. The third kappa shape index (κ3) is 3.00. The molecule has 1 unspecified atom stereocenters. The highest BCUT2D eigenvalue weighted by atomic mass is 16.3. The van der Waals surface area contributed by atoms with Crippen molar-refractivity contribution in [3.8, 4) is 0 Å². The summed E-state index contributed by atoms with van der Waals surface area (Å²) < 4.78 is 1.90. The van der Waals surface area contributed by atoms with E-state index in [-0.39, 0.29) is 12.6 Å². The molecule has 0 aliphatic carbocycles. The minimum atomic E-state index is 0.141. The average Bonchev–Trinajstić information content (AvgIpc) is 2.64. The maximum Gasteiger partial charge on any atom is 0.141 e. The van der Waals surface area contributed by atoms with E-state index in [4.69, 9.17) is 5.11 Å². The van der Waals surface area contributed by atoms with Crippen molar-refractivity contribution in [1.29, 1.82) is 0 Å². The number of hydrogen-bond acceptors (Lipinski definition) is 4. The van der Waals surface area contributed by atoms with E-state index in [1.54, 1.807) is 6.33 Å². The van der Waals surface area contributed by atoms with Crippen LogP contribution < -0.4 is 0 Å². The van der Waals surface area contributed by atoms with E-state index in [0.717, 1.165) is 5.82 Å². The minimum absolute atomic E-state index is 0.141. The Kier molecular flexibility index (Phi) is 4.23. The van der Waals surface area contributed by atoms with Crippen LogP contribution >= 0.6 is 0 Å². The molecule has 1 atom stereocenters. The van der Waals surface area contributed by atoms with Gasteiger partial charge in [-0.2, -0.15) is 5.10 Å². The van der Waals surface area contributed by atoms with Gasteiger partial charge in [0, 0.05) is 12.1 Å². The van der Waals surface area contributed by atoms with Gasteiger partial charge in [-0.05, 0) is 27.8 Å². The van der Waals surface area contributed by atoms with Crippen molar-refractivity contribution in [2.24, 2.45) is 0 Å². The summed E-state index contributed by atoms with van der Waals surface area (Å²) in [6.45, 7) is 7.00. The summed E-state index contributed by atoms with van der Waals surface area (Å²) in [6.07, 6.45) is 1.58. The molecule has 0 saturated heterocycles. The molecular weight excluding hydrogens is 192 g/mol. The lowest BCUT2D eigenvalue weighted by Crippen LogP contribution is -2.32. The molecule has 0 bridgehead atoms. The third-order valence-corrected chi connectivity index (χ3v) is 2.54. The van der Waals surface area contributed by atoms with E-state index >= 15 is 0 Å². The first kappa shape index (κ1) is 12.1. The average molecular weight is 212 g/mol. The number of likely N-dealkylation sites (N-methyl/N-ethyl adjacent to an activating group) is 1. The van der Waals surface area contributed by atoms with Gasteiger partial charge >= 0.3 is 0 Å². The molecule has 0 amide bonds. The van der Waals surface area contributed by atoms with Gasteiger partial charge in [-0.15, -0.1) is 0 Å². The monoisotopic (exact) mass is 212 g/mol. The summed E-state index contributed by atoms with van der Waals surface area (Å²) in [7, 11) is 1.97. The van der Waals surface area contributed by atoms with Gasteiger partial charge in [0.05, 0.1) is 13.2 Å². The van der Waals surface area contributed by atoms with Gasteiger partial charge in [0.15, 0.2) is 0 Å². The molecule has 0 fully saturated rings. The summed E-state index contributed by atoms with van der Waals surface area (Å²) in [5.41, 5.74) is 0. The highest BCUT2D eigenvalue weighted by molar-refractivity contribution is 4.86. The molecule has 0 spiro atoms. The second kappa shape index (κ2) is 5.23. The first-order valence-electron chi connectivity index (χ1n) is 5.25. The fraction of sp³-hybridized carbons (Fsp3) is 0.800. The van der Waals surface area contributed by atoms with Gasteiger partial charge in [0.2, 0.25) is 0 Å². The fourth-order valence-electron chi connectivity index (χ4n) is 1.34. The second-order valence-corrected chi connectivity index (χ2v) is 4.16. The molecule has 1 heterocycles. The Labute approximate surface area is 90.7 Å². The Morgan fingerprint density at radius 3 is 2.67 bits per heavy atom. The Balaban J connectivity index is 2.67. The Morgan fingerprint density at radius 1 is 1.47 bits per heavy atom. The topological polar surface area (TPSA) is 54.2 Å². The number of hydrogen-bond donors (Lipinski definition) is 1. The van der Waals surface area contributed by atoms with Crippen LogP contribution in [-0.4, -0.2) is 44.5 Å². The zero-order valence-corrected chi connectivity index (χ0v) is 9.88. The van der Waals surface area contributed by atoms with Crippen LogP contribution in [0.5, 0.6) is 0 Å². The van der Waals surface area contributed by atoms with Crippen molar-refractivity contribution < 1.29 is 5.11 Å². The fourth-order valence-corrected chi connectivity index (χ4v) is 1.34. The molecule has 0 aliphatic rings. The summed E-state index contributed by atoms with van der Waals surface area (Å²) in [5, 5.41) is 13.2. The lowest BCUT2D eigenvalue weighted by Gasteiger charge is -2.22. The molecule has 0 aliphatic heterocycles. The maximum absolute atomic E-state index is 9.03. The molecule has 15 heavy (non-hydrogen) atoms. The van der Waals surface area contributed by atoms with Crippen LogP contribution in [0.4, 0.5) is 0 Å². The lowest BCUT2D eigenvalue weighted by molar-refractivity contribution is 0.149. The first-order chi connectivity index (χ1) is 7.06. The minimum Gasteiger partial charge on any atom is -0.395 e. The molecule has 1 aromatic rings. The van der Waals surface area contributed by atoms with Gasteiger partial charge in [-0.1, -0.05) is 0 Å². The second-order valence-electron chi connectivity index (χ2n) is 4.16. The molecule has 1 N–H and O–H groups in total. The van der Waals surface area contributed by atoms with Crippen molar-refractivity contribution in [1.82, 2.24) is 19.7 Å². The van der Waals surface area contributed by atoms with Crippen LogP contribution in [0.25, 0.3) is 0 Å². The van der Waals surface area contributed by atoms with Crippen molar-refractivity contribution >= 4 is 0 Å². The Bertz CT molecular complexity index is 297. The van der Waals surface area contributed by atoms with Crippen LogP contribution in [0.2, 0.25) is 0 Å². The van der Waals surface area contributed by atoms with Crippen molar-refractivity contribution in [2.75, 3.05) is 13.7 Å². The van der Waals surface area contributed by atoms with Gasteiger partial charge in [-0.25, -0.2) is 9.67 Å². The molecule has 0 aromatic carbocycles. The number of aliphatic hydroxyl groups is 1. The zero-order valence-electron chi connectivity index (χ0n) is 9.88. The van der Waals surface area contributed by atoms with Gasteiger partial charge in [-0.3, -0.25) is 4.90 Å². The summed E-state index contributed by atoms with van der Waals surface area (Å²) in [4.78, 5) is 6.28. The lowest BCUT2D eigenvalue weighted by atomic mass is 10.3. The van der Waals surface area contributed by atoms with Crippen LogP contribution in [0.3, 0.4) is 0 Å². The molecule has 1 rings (SSSR count). The maximum atomic E-state index is 9.03. The number of aromatic nitrogens is 3. The van der Waals surface area contributed by atoms with Gasteiger partial charge < -0.3 is 5.11 Å². The molecule has 0 saturated carbocycles. The summed E-state index contributed by atoms with van der Waals surface area (Å²) in [6, 6.07) is 0.461. The van der Waals surface area contributed by atoms with E-state index in [0.29, 0.717) is 12.6 Å². The number of rotatable bonds is 5. The normalized spacial score (nSPS) is 13.8. The van der Waals surface area contributed by atoms with Crippen LogP contribution in [0, 0.1) is 0 Å². The van der Waals surface area contributed by atoms with Gasteiger partial charge in [0.1, 0.15) is 12.2 Å². The van der Waals surface area contributed by atoms with E-state index < -0.39 is 0 Å². The van der Waals surface area contributed by atoms with Crippen LogP contribution in [0.15, 0.2) is 6.33 Å². The molecule has 0 radical (unpaired) electrons. The largest absolute Gasteiger partial charge is 0.395 e. The predicted molar refractivity (Wildman–Crippen MR) is 58.4 cm³/mol. The van der Waals surface area contributed by atoms with E-state index in [9.17, 15) is 0 Å². The summed E-state index contributed by atoms with van der Waals surface area (Å²) >= 11 is 0. The molecule has 5 heteroatoms. The SMILES string of the molecule is CC(CO)N(C)Cc1ncnn1C(C)C. The molecular formula is C10H20N4O. The van der Waals surface area contributed by atoms with Crippen LogP contribution in [-0.2, 0) is 6.54 Å². The number of nitrogens with zero attached hydrogens (tertiary/aromatic N) is 4. The molecule has 1 aromatic heterocycles.